The van der Waals surface area contributed by atoms with Gasteiger partial charge in [0.15, 0.2) is 12.2 Å². The molecule has 2 N–H and O–H groups in total. The number of anilines is 1. The number of aryl methyl sites for hydroxylation is 1. The van der Waals surface area contributed by atoms with Crippen LogP contribution in [-0.4, -0.2) is 23.6 Å². The first-order valence-electron chi connectivity index (χ1n) is 6.08. The fourth-order valence-corrected chi connectivity index (χ4v) is 3.10. The molecule has 0 spiro atoms. The SMILES string of the molecule is Cc1[nH]ncc1S(=O)(=O)Nc1cccc(-c2cnco2)c1. The Morgan fingerprint density at radius 2 is 2.14 bits per heavy atom. The Morgan fingerprint density at radius 1 is 1.29 bits per heavy atom. The Labute approximate surface area is 121 Å². The van der Waals surface area contributed by atoms with Crippen molar-refractivity contribution in [2.45, 2.75) is 11.8 Å². The minimum Gasteiger partial charge on any atom is -0.444 e. The van der Waals surface area contributed by atoms with Crippen molar-refractivity contribution in [3.05, 3.63) is 48.7 Å². The van der Waals surface area contributed by atoms with Crippen LogP contribution < -0.4 is 4.72 Å². The number of sulfonamides is 1. The molecule has 0 amide bonds. The van der Waals surface area contributed by atoms with Crippen LogP contribution in [0.2, 0.25) is 0 Å². The maximum Gasteiger partial charge on any atom is 0.265 e. The van der Waals surface area contributed by atoms with Gasteiger partial charge in [-0.2, -0.15) is 5.10 Å². The molecule has 108 valence electrons. The van der Waals surface area contributed by atoms with E-state index in [9.17, 15) is 8.42 Å². The number of nitrogens with zero attached hydrogens (tertiary/aromatic N) is 2. The smallest absolute Gasteiger partial charge is 0.265 e. The number of oxazole rings is 1. The Bertz CT molecular complexity index is 853. The maximum absolute atomic E-state index is 12.3. The van der Waals surface area contributed by atoms with Crippen LogP contribution in [0.3, 0.4) is 0 Å². The summed E-state index contributed by atoms with van der Waals surface area (Å²) in [5, 5.41) is 6.32. The summed E-state index contributed by atoms with van der Waals surface area (Å²) in [5.41, 5.74) is 1.65. The van der Waals surface area contributed by atoms with Crippen LogP contribution >= 0.6 is 0 Å². The molecular weight excluding hydrogens is 292 g/mol. The van der Waals surface area contributed by atoms with E-state index >= 15 is 0 Å². The summed E-state index contributed by atoms with van der Waals surface area (Å²) in [4.78, 5) is 3.96. The normalized spacial score (nSPS) is 11.5. The number of benzene rings is 1. The molecule has 3 rings (SSSR count). The van der Waals surface area contributed by atoms with E-state index in [4.69, 9.17) is 4.42 Å². The Balaban J connectivity index is 1.92. The lowest BCUT2D eigenvalue weighted by Gasteiger charge is -2.08. The number of rotatable bonds is 4. The third kappa shape index (κ3) is 2.65. The van der Waals surface area contributed by atoms with Gasteiger partial charge in [0.25, 0.3) is 10.0 Å². The largest absolute Gasteiger partial charge is 0.444 e. The Kier molecular flexibility index (Phi) is 3.22. The third-order valence-corrected chi connectivity index (χ3v) is 4.40. The van der Waals surface area contributed by atoms with Gasteiger partial charge in [0.05, 0.1) is 18.1 Å². The van der Waals surface area contributed by atoms with Crippen molar-refractivity contribution in [3.8, 4) is 11.3 Å². The van der Waals surface area contributed by atoms with Crippen molar-refractivity contribution in [1.29, 1.82) is 0 Å². The van der Waals surface area contributed by atoms with Crippen LogP contribution in [0, 0.1) is 6.92 Å². The minimum atomic E-state index is -3.68. The second-order valence-corrected chi connectivity index (χ2v) is 6.06. The van der Waals surface area contributed by atoms with Crippen LogP contribution in [0.15, 0.2) is 52.4 Å². The summed E-state index contributed by atoms with van der Waals surface area (Å²) in [7, 11) is -3.68. The molecule has 0 atom stereocenters. The van der Waals surface area contributed by atoms with E-state index in [0.717, 1.165) is 5.56 Å². The standard InChI is InChI=1S/C13H12N4O3S/c1-9-13(7-15-16-9)21(18,19)17-11-4-2-3-10(5-11)12-6-14-8-20-12/h2-8,17H,1H3,(H,15,16). The van der Waals surface area contributed by atoms with E-state index in [0.29, 0.717) is 17.1 Å². The summed E-state index contributed by atoms with van der Waals surface area (Å²) < 4.78 is 32.3. The molecule has 7 nitrogen and oxygen atoms in total. The number of hydrogen-bond acceptors (Lipinski definition) is 5. The van der Waals surface area contributed by atoms with Gasteiger partial charge >= 0.3 is 0 Å². The van der Waals surface area contributed by atoms with Gasteiger partial charge in [-0.05, 0) is 19.1 Å². The second kappa shape index (κ2) is 5.06. The number of nitrogens with one attached hydrogen (secondary N) is 2. The summed E-state index contributed by atoms with van der Waals surface area (Å²) in [5.74, 6) is 0.565. The van der Waals surface area contributed by atoms with Crippen molar-refractivity contribution < 1.29 is 12.8 Å². The lowest BCUT2D eigenvalue weighted by Crippen LogP contribution is -2.13. The molecule has 0 aliphatic carbocycles. The monoisotopic (exact) mass is 304 g/mol. The van der Waals surface area contributed by atoms with Gasteiger partial charge in [0.2, 0.25) is 0 Å². The molecule has 3 aromatic rings. The predicted octanol–water partition coefficient (Wildman–Crippen LogP) is 2.17. The first-order chi connectivity index (χ1) is 10.1. The van der Waals surface area contributed by atoms with Gasteiger partial charge in [0.1, 0.15) is 4.90 Å². The summed E-state index contributed by atoms with van der Waals surface area (Å²) in [6.07, 6.45) is 4.16. The Morgan fingerprint density at radius 3 is 2.81 bits per heavy atom. The molecule has 0 saturated heterocycles. The zero-order valence-corrected chi connectivity index (χ0v) is 11.9. The van der Waals surface area contributed by atoms with E-state index in [1.807, 2.05) is 0 Å². The molecule has 0 saturated carbocycles. The van der Waals surface area contributed by atoms with Crippen molar-refractivity contribution in [2.24, 2.45) is 0 Å². The van der Waals surface area contributed by atoms with Gasteiger partial charge in [-0.1, -0.05) is 12.1 Å². The highest BCUT2D eigenvalue weighted by Crippen LogP contribution is 2.24. The highest BCUT2D eigenvalue weighted by molar-refractivity contribution is 7.92. The summed E-state index contributed by atoms with van der Waals surface area (Å²) in [6.45, 7) is 1.65. The van der Waals surface area contributed by atoms with E-state index in [2.05, 4.69) is 19.9 Å². The van der Waals surface area contributed by atoms with Gasteiger partial charge < -0.3 is 4.42 Å². The fourth-order valence-electron chi connectivity index (χ4n) is 1.92. The van der Waals surface area contributed by atoms with Crippen LogP contribution in [0.1, 0.15) is 5.69 Å². The van der Waals surface area contributed by atoms with Crippen molar-refractivity contribution in [2.75, 3.05) is 4.72 Å². The first kappa shape index (κ1) is 13.4. The number of aromatic nitrogens is 3. The number of aromatic amines is 1. The molecular formula is C13H12N4O3S. The quantitative estimate of drug-likeness (QED) is 0.769. The second-order valence-electron chi connectivity index (χ2n) is 4.41. The van der Waals surface area contributed by atoms with E-state index in [1.165, 1.54) is 12.6 Å². The van der Waals surface area contributed by atoms with E-state index in [1.54, 1.807) is 37.4 Å². The summed E-state index contributed by atoms with van der Waals surface area (Å²) >= 11 is 0. The molecule has 0 aliphatic heterocycles. The molecule has 0 aliphatic rings. The van der Waals surface area contributed by atoms with E-state index in [-0.39, 0.29) is 4.90 Å². The molecule has 0 radical (unpaired) electrons. The number of H-pyrrole nitrogens is 1. The highest BCUT2D eigenvalue weighted by Gasteiger charge is 2.18. The average molecular weight is 304 g/mol. The van der Waals surface area contributed by atoms with E-state index < -0.39 is 10.0 Å². The highest BCUT2D eigenvalue weighted by atomic mass is 32.2. The molecule has 1 aromatic carbocycles. The molecule has 8 heteroatoms. The van der Waals surface area contributed by atoms with Crippen molar-refractivity contribution in [3.63, 3.8) is 0 Å². The van der Waals surface area contributed by atoms with Crippen molar-refractivity contribution >= 4 is 15.7 Å². The topological polar surface area (TPSA) is 101 Å². The third-order valence-electron chi connectivity index (χ3n) is 2.90. The Hall–Kier alpha value is -2.61. The lowest BCUT2D eigenvalue weighted by molar-refractivity contribution is 0.572. The zero-order valence-electron chi connectivity index (χ0n) is 11.1. The molecule has 21 heavy (non-hydrogen) atoms. The zero-order chi connectivity index (χ0) is 14.9. The average Bonchev–Trinajstić information content (AvgIpc) is 3.09. The fraction of sp³-hybridized carbons (Fsp3) is 0.0769. The van der Waals surface area contributed by atoms with Crippen LogP contribution in [0.5, 0.6) is 0 Å². The van der Waals surface area contributed by atoms with Gasteiger partial charge in [-0.3, -0.25) is 9.82 Å². The van der Waals surface area contributed by atoms with Crippen molar-refractivity contribution in [1.82, 2.24) is 15.2 Å². The van der Waals surface area contributed by atoms with Crippen LogP contribution in [-0.2, 0) is 10.0 Å². The molecule has 2 heterocycles. The first-order valence-corrected chi connectivity index (χ1v) is 7.56. The maximum atomic E-state index is 12.3. The molecule has 0 bridgehead atoms. The molecule has 0 unspecified atom stereocenters. The van der Waals surface area contributed by atoms with Gasteiger partial charge in [0, 0.05) is 11.3 Å². The van der Waals surface area contributed by atoms with Crippen LogP contribution in [0.25, 0.3) is 11.3 Å². The summed E-state index contributed by atoms with van der Waals surface area (Å²) in [6, 6.07) is 6.87. The molecule has 0 fully saturated rings. The number of hydrogen-bond donors (Lipinski definition) is 2. The lowest BCUT2D eigenvalue weighted by atomic mass is 10.2. The predicted molar refractivity (Wildman–Crippen MR) is 76.1 cm³/mol. The van der Waals surface area contributed by atoms with Crippen LogP contribution in [0.4, 0.5) is 5.69 Å². The minimum absolute atomic E-state index is 0.118. The molecule has 2 aromatic heterocycles. The van der Waals surface area contributed by atoms with Gasteiger partial charge in [-0.15, -0.1) is 0 Å². The van der Waals surface area contributed by atoms with Gasteiger partial charge in [-0.25, -0.2) is 13.4 Å².